The summed E-state index contributed by atoms with van der Waals surface area (Å²) in [7, 11) is 0. The molecule has 6 rings (SSSR count). The number of ether oxygens (including phenoxy) is 3. The smallest absolute Gasteiger partial charge is 0.150 e. The highest BCUT2D eigenvalue weighted by atomic mass is 19.1. The molecule has 0 amide bonds. The predicted octanol–water partition coefficient (Wildman–Crippen LogP) is 6.09. The van der Waals surface area contributed by atoms with Crippen LogP contribution in [-0.2, 0) is 11.3 Å². The molecule has 9 heteroatoms. The third-order valence-corrected chi connectivity index (χ3v) is 6.78. The molecule has 0 saturated carbocycles. The van der Waals surface area contributed by atoms with Crippen molar-refractivity contribution in [2.24, 2.45) is 0 Å². The Morgan fingerprint density at radius 1 is 1.00 bits per heavy atom. The Morgan fingerprint density at radius 2 is 1.79 bits per heavy atom. The van der Waals surface area contributed by atoms with Crippen LogP contribution in [0.3, 0.4) is 0 Å². The lowest BCUT2D eigenvalue weighted by molar-refractivity contribution is 0.0835. The normalized spacial score (nSPS) is 14.0. The fourth-order valence-electron chi connectivity index (χ4n) is 4.78. The van der Waals surface area contributed by atoms with E-state index in [1.165, 1.54) is 12.1 Å². The first-order valence-electron chi connectivity index (χ1n) is 12.9. The van der Waals surface area contributed by atoms with Gasteiger partial charge in [0, 0.05) is 72.7 Å². The van der Waals surface area contributed by atoms with Crippen molar-refractivity contribution in [3.05, 3.63) is 96.1 Å². The van der Waals surface area contributed by atoms with E-state index in [9.17, 15) is 4.39 Å². The Labute approximate surface area is 225 Å². The van der Waals surface area contributed by atoms with E-state index in [1.807, 2.05) is 53.9 Å². The first-order valence-corrected chi connectivity index (χ1v) is 12.9. The van der Waals surface area contributed by atoms with E-state index in [0.29, 0.717) is 23.1 Å². The van der Waals surface area contributed by atoms with Gasteiger partial charge in [-0.05, 0) is 50.1 Å². The summed E-state index contributed by atoms with van der Waals surface area (Å²) in [6.45, 7) is 3.63. The number of rotatable bonds is 7. The van der Waals surface area contributed by atoms with E-state index in [-0.39, 0.29) is 12.5 Å². The molecule has 2 N–H and O–H groups in total. The van der Waals surface area contributed by atoms with Crippen LogP contribution in [-0.4, -0.2) is 32.6 Å². The highest BCUT2D eigenvalue weighted by molar-refractivity contribution is 5.85. The van der Waals surface area contributed by atoms with Gasteiger partial charge in [0.15, 0.2) is 0 Å². The molecule has 8 nitrogen and oxygen atoms in total. The Hall–Kier alpha value is -4.50. The van der Waals surface area contributed by atoms with Gasteiger partial charge in [-0.1, -0.05) is 6.07 Å². The highest BCUT2D eigenvalue weighted by Gasteiger charge is 2.24. The standard InChI is InChI=1S/C30H28FN5O3/c1-19-2-3-20(17-34-19)18-38-25-14-23(31)15-26(16-25)39-24-6-4-21(5-7-24)27-28-29(32)33-10-11-36(28)30(35-27)22-8-12-37-13-9-22/h2-7,10-11,14-17,22H,8-9,12-13,18H2,1H3,(H2,32,33). The van der Waals surface area contributed by atoms with Gasteiger partial charge in [-0.2, -0.15) is 0 Å². The Balaban J connectivity index is 1.22. The van der Waals surface area contributed by atoms with Crippen LogP contribution in [0.5, 0.6) is 17.2 Å². The van der Waals surface area contributed by atoms with Crippen molar-refractivity contribution in [2.45, 2.75) is 32.3 Å². The molecule has 3 aromatic heterocycles. The van der Waals surface area contributed by atoms with Crippen LogP contribution < -0.4 is 15.2 Å². The number of pyridine rings is 1. The van der Waals surface area contributed by atoms with Gasteiger partial charge in [0.2, 0.25) is 0 Å². The molecule has 0 radical (unpaired) electrons. The number of nitrogens with zero attached hydrogens (tertiary/aromatic N) is 4. The van der Waals surface area contributed by atoms with Crippen LogP contribution in [0.15, 0.2) is 73.2 Å². The SMILES string of the molecule is Cc1ccc(COc2cc(F)cc(Oc3ccc(-c4nc(C5CCOCC5)n5ccnc(N)c45)cc3)c2)cn1. The summed E-state index contributed by atoms with van der Waals surface area (Å²) < 4.78 is 33.6. The molecular formula is C30H28FN5O3. The Bertz CT molecular complexity index is 1600. The molecule has 4 heterocycles. The van der Waals surface area contributed by atoms with E-state index in [4.69, 9.17) is 24.9 Å². The van der Waals surface area contributed by atoms with Crippen molar-refractivity contribution in [1.29, 1.82) is 0 Å². The fraction of sp³-hybridized carbons (Fsp3) is 0.233. The minimum Gasteiger partial charge on any atom is -0.489 e. The van der Waals surface area contributed by atoms with Gasteiger partial charge in [-0.3, -0.25) is 9.38 Å². The molecule has 0 aliphatic carbocycles. The number of aryl methyl sites for hydroxylation is 1. The summed E-state index contributed by atoms with van der Waals surface area (Å²) in [6.07, 6.45) is 7.17. The van der Waals surface area contributed by atoms with E-state index >= 15 is 0 Å². The van der Waals surface area contributed by atoms with Gasteiger partial charge in [0.1, 0.15) is 52.5 Å². The molecule has 39 heavy (non-hydrogen) atoms. The minimum absolute atomic E-state index is 0.275. The minimum atomic E-state index is -0.450. The number of hydrogen-bond acceptors (Lipinski definition) is 7. The topological polar surface area (TPSA) is 96.8 Å². The van der Waals surface area contributed by atoms with Crippen molar-refractivity contribution >= 4 is 11.3 Å². The third kappa shape index (κ3) is 5.39. The lowest BCUT2D eigenvalue weighted by atomic mass is 10.00. The van der Waals surface area contributed by atoms with E-state index in [1.54, 1.807) is 18.5 Å². The maximum atomic E-state index is 14.3. The van der Waals surface area contributed by atoms with Crippen LogP contribution in [0.2, 0.25) is 0 Å². The van der Waals surface area contributed by atoms with Gasteiger partial charge in [0.05, 0.1) is 0 Å². The van der Waals surface area contributed by atoms with Crippen LogP contribution in [0.4, 0.5) is 10.2 Å². The van der Waals surface area contributed by atoms with Gasteiger partial charge in [-0.25, -0.2) is 14.4 Å². The van der Waals surface area contributed by atoms with Crippen LogP contribution >= 0.6 is 0 Å². The van der Waals surface area contributed by atoms with Crippen LogP contribution in [0.25, 0.3) is 16.8 Å². The average Bonchev–Trinajstić information content (AvgIpc) is 3.34. The summed E-state index contributed by atoms with van der Waals surface area (Å²) in [6, 6.07) is 15.6. The third-order valence-electron chi connectivity index (χ3n) is 6.78. The highest BCUT2D eigenvalue weighted by Crippen LogP contribution is 2.35. The van der Waals surface area contributed by atoms with Crippen LogP contribution in [0, 0.1) is 12.7 Å². The summed E-state index contributed by atoms with van der Waals surface area (Å²) in [5.41, 5.74) is 10.5. The molecular weight excluding hydrogens is 497 g/mol. The number of nitrogens with two attached hydrogens (primary N) is 1. The molecule has 198 valence electrons. The zero-order valence-corrected chi connectivity index (χ0v) is 21.5. The molecule has 1 aliphatic heterocycles. The van der Waals surface area contributed by atoms with Gasteiger partial charge in [-0.15, -0.1) is 0 Å². The number of anilines is 1. The van der Waals surface area contributed by atoms with Crippen molar-refractivity contribution in [3.8, 4) is 28.5 Å². The van der Waals surface area contributed by atoms with Crippen LogP contribution in [0.1, 0.15) is 35.8 Å². The molecule has 1 aliphatic rings. The molecule has 0 bridgehead atoms. The zero-order chi connectivity index (χ0) is 26.8. The Morgan fingerprint density at radius 3 is 2.56 bits per heavy atom. The first kappa shape index (κ1) is 24.8. The molecule has 0 atom stereocenters. The van der Waals surface area contributed by atoms with Gasteiger partial charge in [0.25, 0.3) is 0 Å². The van der Waals surface area contributed by atoms with Gasteiger partial charge >= 0.3 is 0 Å². The first-order chi connectivity index (χ1) is 19.0. The number of halogens is 1. The quantitative estimate of drug-likeness (QED) is 0.275. The molecule has 0 spiro atoms. The lowest BCUT2D eigenvalue weighted by Gasteiger charge is -2.20. The van der Waals surface area contributed by atoms with Crippen molar-refractivity contribution in [1.82, 2.24) is 19.4 Å². The maximum Gasteiger partial charge on any atom is 0.150 e. The second kappa shape index (κ2) is 10.7. The number of imidazole rings is 1. The molecule has 0 unspecified atom stereocenters. The van der Waals surface area contributed by atoms with Crippen molar-refractivity contribution in [3.63, 3.8) is 0 Å². The lowest BCUT2D eigenvalue weighted by Crippen LogP contribution is -2.16. The van der Waals surface area contributed by atoms with E-state index in [0.717, 1.165) is 59.9 Å². The second-order valence-electron chi connectivity index (χ2n) is 9.58. The summed E-state index contributed by atoms with van der Waals surface area (Å²) in [5, 5.41) is 0. The average molecular weight is 526 g/mol. The second-order valence-corrected chi connectivity index (χ2v) is 9.58. The summed E-state index contributed by atoms with van der Waals surface area (Å²) in [5.74, 6) is 2.49. The summed E-state index contributed by atoms with van der Waals surface area (Å²) >= 11 is 0. The largest absolute Gasteiger partial charge is 0.489 e. The van der Waals surface area contributed by atoms with Gasteiger partial charge < -0.3 is 19.9 Å². The van der Waals surface area contributed by atoms with Crippen molar-refractivity contribution < 1.29 is 18.6 Å². The summed E-state index contributed by atoms with van der Waals surface area (Å²) in [4.78, 5) is 13.6. The molecule has 1 fully saturated rings. The van der Waals surface area contributed by atoms with Crippen molar-refractivity contribution in [2.75, 3.05) is 18.9 Å². The number of aromatic nitrogens is 4. The fourth-order valence-corrected chi connectivity index (χ4v) is 4.78. The van der Waals surface area contributed by atoms with E-state index < -0.39 is 5.82 Å². The maximum absolute atomic E-state index is 14.3. The predicted molar refractivity (Wildman–Crippen MR) is 145 cm³/mol. The number of benzene rings is 2. The van der Waals surface area contributed by atoms with E-state index in [2.05, 4.69) is 9.97 Å². The number of hydrogen-bond donors (Lipinski definition) is 1. The molecule has 1 saturated heterocycles. The molecule has 2 aromatic carbocycles. The zero-order valence-electron chi connectivity index (χ0n) is 21.5. The monoisotopic (exact) mass is 525 g/mol. The molecule has 5 aromatic rings. The number of fused-ring (bicyclic) bond motifs is 1. The number of nitrogen functional groups attached to an aromatic ring is 1. The Kier molecular flexibility index (Phi) is 6.81.